The van der Waals surface area contributed by atoms with Crippen molar-refractivity contribution >= 4 is 11.6 Å². The summed E-state index contributed by atoms with van der Waals surface area (Å²) >= 11 is 0. The molecule has 0 unspecified atom stereocenters. The zero-order chi connectivity index (χ0) is 21.7. The molecule has 3 rings (SSSR count). The first-order valence-corrected chi connectivity index (χ1v) is 9.94. The molecule has 0 radical (unpaired) electrons. The summed E-state index contributed by atoms with van der Waals surface area (Å²) in [7, 11) is 1.34. The standard InChI is InChI=1S/C22H26N2O6/c1-4-22(5-2)13-17(16-8-6-7-9-19(16)30-22)23-21(25)14-29-15-10-11-18(24(26)27)20(12-15)28-3/h6-12,17H,4-5,13-14H2,1-3H3,(H,23,25)/t17-/m0/s1. The number of nitro benzene ring substituents is 1. The highest BCUT2D eigenvalue weighted by Gasteiger charge is 2.38. The Balaban J connectivity index is 1.69. The molecule has 160 valence electrons. The van der Waals surface area contributed by atoms with Crippen LogP contribution in [0.4, 0.5) is 5.69 Å². The minimum Gasteiger partial charge on any atom is -0.490 e. The summed E-state index contributed by atoms with van der Waals surface area (Å²) in [5.74, 6) is 0.900. The number of methoxy groups -OCH3 is 1. The van der Waals surface area contributed by atoms with Crippen molar-refractivity contribution in [3.05, 3.63) is 58.1 Å². The Hall–Kier alpha value is -3.29. The van der Waals surface area contributed by atoms with Gasteiger partial charge in [-0.2, -0.15) is 0 Å². The van der Waals surface area contributed by atoms with Crippen LogP contribution in [-0.2, 0) is 4.79 Å². The molecule has 0 saturated heterocycles. The molecule has 1 aliphatic rings. The highest BCUT2D eigenvalue weighted by atomic mass is 16.6. The van der Waals surface area contributed by atoms with Crippen molar-refractivity contribution in [2.45, 2.75) is 44.8 Å². The number of rotatable bonds is 8. The first kappa shape index (κ1) is 21.4. The number of nitrogens with zero attached hydrogens (tertiary/aromatic N) is 1. The SMILES string of the molecule is CCC1(CC)C[C@H](NC(=O)COc2ccc([N+](=O)[O-])c(OC)c2)c2ccccc2O1. The highest BCUT2D eigenvalue weighted by Crippen LogP contribution is 2.42. The van der Waals surface area contributed by atoms with E-state index in [2.05, 4.69) is 19.2 Å². The first-order chi connectivity index (χ1) is 14.4. The number of nitrogens with one attached hydrogen (secondary N) is 1. The van der Waals surface area contributed by atoms with Crippen LogP contribution in [0.2, 0.25) is 0 Å². The van der Waals surface area contributed by atoms with E-state index in [1.54, 1.807) is 0 Å². The number of benzene rings is 2. The minimum atomic E-state index is -0.536. The molecule has 1 N–H and O–H groups in total. The minimum absolute atomic E-state index is 0.0759. The van der Waals surface area contributed by atoms with Crippen molar-refractivity contribution in [3.63, 3.8) is 0 Å². The zero-order valence-electron chi connectivity index (χ0n) is 17.3. The van der Waals surface area contributed by atoms with Crippen molar-refractivity contribution in [1.29, 1.82) is 0 Å². The van der Waals surface area contributed by atoms with Gasteiger partial charge < -0.3 is 19.5 Å². The van der Waals surface area contributed by atoms with Gasteiger partial charge in [0.25, 0.3) is 5.91 Å². The van der Waals surface area contributed by atoms with Crippen LogP contribution >= 0.6 is 0 Å². The maximum absolute atomic E-state index is 12.6. The number of ether oxygens (including phenoxy) is 3. The summed E-state index contributed by atoms with van der Waals surface area (Å²) in [6.07, 6.45) is 2.35. The zero-order valence-corrected chi connectivity index (χ0v) is 17.3. The van der Waals surface area contributed by atoms with Crippen LogP contribution in [0.5, 0.6) is 17.2 Å². The summed E-state index contributed by atoms with van der Waals surface area (Å²) in [6, 6.07) is 11.7. The number of amides is 1. The Morgan fingerprint density at radius 1 is 1.27 bits per heavy atom. The molecule has 0 aliphatic carbocycles. The monoisotopic (exact) mass is 414 g/mol. The molecule has 0 saturated carbocycles. The Labute approximate surface area is 175 Å². The van der Waals surface area contributed by atoms with E-state index in [-0.39, 0.29) is 35.6 Å². The fourth-order valence-corrected chi connectivity index (χ4v) is 3.71. The molecule has 1 atom stereocenters. The third-order valence-electron chi connectivity index (χ3n) is 5.54. The lowest BCUT2D eigenvalue weighted by Crippen LogP contribution is -2.45. The van der Waals surface area contributed by atoms with Crippen LogP contribution in [0.1, 0.15) is 44.7 Å². The molecule has 1 amide bonds. The third-order valence-corrected chi connectivity index (χ3v) is 5.54. The van der Waals surface area contributed by atoms with Gasteiger partial charge in [0.05, 0.1) is 18.1 Å². The predicted octanol–water partition coefficient (Wildman–Crippen LogP) is 4.18. The Bertz CT molecular complexity index is 926. The Morgan fingerprint density at radius 2 is 2.00 bits per heavy atom. The molecule has 0 fully saturated rings. The molecule has 1 heterocycles. The second-order valence-corrected chi connectivity index (χ2v) is 7.23. The van der Waals surface area contributed by atoms with Gasteiger partial charge in [0.2, 0.25) is 5.75 Å². The van der Waals surface area contributed by atoms with Crippen LogP contribution in [0.15, 0.2) is 42.5 Å². The van der Waals surface area contributed by atoms with Crippen molar-refractivity contribution in [3.8, 4) is 17.2 Å². The van der Waals surface area contributed by atoms with Gasteiger partial charge in [-0.15, -0.1) is 0 Å². The number of fused-ring (bicyclic) bond motifs is 1. The predicted molar refractivity (Wildman–Crippen MR) is 111 cm³/mol. The normalized spacial score (nSPS) is 16.7. The van der Waals surface area contributed by atoms with E-state index in [1.165, 1.54) is 25.3 Å². The van der Waals surface area contributed by atoms with E-state index in [0.29, 0.717) is 12.2 Å². The second kappa shape index (κ2) is 9.02. The number of carbonyl (C=O) groups is 1. The van der Waals surface area contributed by atoms with E-state index in [1.807, 2.05) is 24.3 Å². The molecule has 30 heavy (non-hydrogen) atoms. The van der Waals surface area contributed by atoms with Gasteiger partial charge in [0, 0.05) is 24.1 Å². The molecular weight excluding hydrogens is 388 g/mol. The van der Waals surface area contributed by atoms with Crippen LogP contribution < -0.4 is 19.5 Å². The van der Waals surface area contributed by atoms with Crippen LogP contribution in [0, 0.1) is 10.1 Å². The quantitative estimate of drug-likeness (QED) is 0.514. The van der Waals surface area contributed by atoms with Gasteiger partial charge >= 0.3 is 5.69 Å². The Kier molecular flexibility index (Phi) is 6.44. The summed E-state index contributed by atoms with van der Waals surface area (Å²) in [5.41, 5.74) is 0.461. The summed E-state index contributed by atoms with van der Waals surface area (Å²) in [4.78, 5) is 23.1. The van der Waals surface area contributed by atoms with Crippen molar-refractivity contribution < 1.29 is 23.9 Å². The maximum Gasteiger partial charge on any atom is 0.311 e. The first-order valence-electron chi connectivity index (χ1n) is 9.94. The van der Waals surface area contributed by atoms with Gasteiger partial charge in [0.15, 0.2) is 6.61 Å². The van der Waals surface area contributed by atoms with E-state index in [0.717, 1.165) is 24.2 Å². The van der Waals surface area contributed by atoms with Gasteiger partial charge in [0.1, 0.15) is 17.1 Å². The summed E-state index contributed by atoms with van der Waals surface area (Å²) in [6.45, 7) is 3.95. The van der Waals surface area contributed by atoms with Crippen molar-refractivity contribution in [2.24, 2.45) is 0 Å². The lowest BCUT2D eigenvalue weighted by atomic mass is 9.83. The molecule has 8 nitrogen and oxygen atoms in total. The smallest absolute Gasteiger partial charge is 0.311 e. The van der Waals surface area contributed by atoms with E-state index < -0.39 is 4.92 Å². The van der Waals surface area contributed by atoms with Crippen LogP contribution in [0.25, 0.3) is 0 Å². The molecule has 0 bridgehead atoms. The van der Waals surface area contributed by atoms with Crippen LogP contribution in [0.3, 0.4) is 0 Å². The lowest BCUT2D eigenvalue weighted by Gasteiger charge is -2.41. The van der Waals surface area contributed by atoms with Gasteiger partial charge in [-0.05, 0) is 25.0 Å². The average Bonchev–Trinajstić information content (AvgIpc) is 2.77. The van der Waals surface area contributed by atoms with E-state index in [4.69, 9.17) is 14.2 Å². The number of para-hydroxylation sites is 1. The molecule has 1 aliphatic heterocycles. The fourth-order valence-electron chi connectivity index (χ4n) is 3.71. The van der Waals surface area contributed by atoms with E-state index in [9.17, 15) is 14.9 Å². The summed E-state index contributed by atoms with van der Waals surface area (Å²) in [5, 5.41) is 14.0. The van der Waals surface area contributed by atoms with Crippen molar-refractivity contribution in [1.82, 2.24) is 5.32 Å². The number of nitro groups is 1. The molecule has 2 aromatic carbocycles. The summed E-state index contributed by atoms with van der Waals surface area (Å²) < 4.78 is 16.8. The molecule has 8 heteroatoms. The number of hydrogen-bond donors (Lipinski definition) is 1. The van der Waals surface area contributed by atoms with Crippen LogP contribution in [-0.4, -0.2) is 30.1 Å². The highest BCUT2D eigenvalue weighted by molar-refractivity contribution is 5.78. The van der Waals surface area contributed by atoms with Crippen molar-refractivity contribution in [2.75, 3.05) is 13.7 Å². The maximum atomic E-state index is 12.6. The third kappa shape index (κ3) is 4.48. The number of carbonyl (C=O) groups excluding carboxylic acids is 1. The Morgan fingerprint density at radius 3 is 2.67 bits per heavy atom. The fraction of sp³-hybridized carbons (Fsp3) is 0.409. The largest absolute Gasteiger partial charge is 0.490 e. The van der Waals surface area contributed by atoms with Gasteiger partial charge in [-0.1, -0.05) is 32.0 Å². The number of hydrogen-bond acceptors (Lipinski definition) is 6. The van der Waals surface area contributed by atoms with E-state index >= 15 is 0 Å². The molecular formula is C22H26N2O6. The van der Waals surface area contributed by atoms with Gasteiger partial charge in [-0.25, -0.2) is 0 Å². The second-order valence-electron chi connectivity index (χ2n) is 7.23. The topological polar surface area (TPSA) is 99.9 Å². The molecule has 2 aromatic rings. The average molecular weight is 414 g/mol. The van der Waals surface area contributed by atoms with Gasteiger partial charge in [-0.3, -0.25) is 14.9 Å². The lowest BCUT2D eigenvalue weighted by molar-refractivity contribution is -0.385. The molecule has 0 aromatic heterocycles. The molecule has 0 spiro atoms.